The zero-order valence-electron chi connectivity index (χ0n) is 14.2. The smallest absolute Gasteiger partial charge is 0.276 e. The maximum absolute atomic E-state index is 13.6. The Hall–Kier alpha value is -3.68. The quantitative estimate of drug-likeness (QED) is 0.666. The van der Waals surface area contributed by atoms with Crippen LogP contribution in [0.1, 0.15) is 27.8 Å². The van der Waals surface area contributed by atoms with Gasteiger partial charge >= 0.3 is 0 Å². The molecule has 1 heterocycles. The van der Waals surface area contributed by atoms with Gasteiger partial charge in [0, 0.05) is 11.3 Å². The summed E-state index contributed by atoms with van der Waals surface area (Å²) in [5, 5.41) is 12.6. The van der Waals surface area contributed by atoms with E-state index in [4.69, 9.17) is 0 Å². The number of hydrogen-bond acceptors (Lipinski definition) is 5. The monoisotopic (exact) mass is 368 g/mol. The number of para-hydroxylation sites is 1. The molecule has 0 aliphatic carbocycles. The highest BCUT2D eigenvalue weighted by atomic mass is 19.1. The molecular formula is C19H14F2N4O2. The summed E-state index contributed by atoms with van der Waals surface area (Å²) in [6.45, 7) is 1.45. The molecule has 0 atom stereocenters. The summed E-state index contributed by atoms with van der Waals surface area (Å²) < 4.78 is 27.3. The Balaban J connectivity index is 1.69. The van der Waals surface area contributed by atoms with Gasteiger partial charge in [0.1, 0.15) is 17.3 Å². The number of nitrogens with zero attached hydrogens (tertiary/aromatic N) is 2. The number of benzene rings is 2. The van der Waals surface area contributed by atoms with Crippen LogP contribution in [0.2, 0.25) is 0 Å². The first-order valence-electron chi connectivity index (χ1n) is 7.91. The molecule has 27 heavy (non-hydrogen) atoms. The predicted molar refractivity (Wildman–Crippen MR) is 96.1 cm³/mol. The summed E-state index contributed by atoms with van der Waals surface area (Å²) in [5.74, 6) is -2.04. The molecule has 0 unspecified atom stereocenters. The van der Waals surface area contributed by atoms with Crippen LogP contribution in [0.15, 0.2) is 54.6 Å². The van der Waals surface area contributed by atoms with Crippen LogP contribution in [0.4, 0.5) is 26.0 Å². The summed E-state index contributed by atoms with van der Waals surface area (Å²) in [4.78, 5) is 23.4. The summed E-state index contributed by atoms with van der Waals surface area (Å²) >= 11 is 0. The van der Waals surface area contributed by atoms with E-state index >= 15 is 0 Å². The number of aromatic nitrogens is 2. The minimum absolute atomic E-state index is 0.0187. The van der Waals surface area contributed by atoms with E-state index in [1.165, 1.54) is 25.1 Å². The Kier molecular flexibility index (Phi) is 5.16. The molecule has 2 aromatic carbocycles. The van der Waals surface area contributed by atoms with E-state index in [0.717, 1.165) is 12.1 Å². The number of amides is 1. The van der Waals surface area contributed by atoms with Crippen LogP contribution < -0.4 is 10.6 Å². The molecule has 8 heteroatoms. The molecule has 1 aromatic heterocycles. The first-order chi connectivity index (χ1) is 12.9. The molecule has 0 spiro atoms. The number of halogens is 2. The molecular weight excluding hydrogens is 354 g/mol. The third-order valence-electron chi connectivity index (χ3n) is 3.66. The molecule has 0 fully saturated rings. The minimum Gasteiger partial charge on any atom is -0.334 e. The molecule has 3 rings (SSSR count). The van der Waals surface area contributed by atoms with Gasteiger partial charge in [-0.2, -0.15) is 0 Å². The Morgan fingerprint density at radius 1 is 0.889 bits per heavy atom. The lowest BCUT2D eigenvalue weighted by molar-refractivity contribution is 0.101. The molecule has 3 aromatic rings. The average Bonchev–Trinajstić information content (AvgIpc) is 2.66. The van der Waals surface area contributed by atoms with Gasteiger partial charge in [-0.15, -0.1) is 10.2 Å². The fourth-order valence-corrected chi connectivity index (χ4v) is 2.25. The molecule has 1 amide bonds. The van der Waals surface area contributed by atoms with Gasteiger partial charge in [0.15, 0.2) is 17.3 Å². The highest BCUT2D eigenvalue weighted by Gasteiger charge is 2.12. The van der Waals surface area contributed by atoms with Crippen molar-refractivity contribution in [2.75, 3.05) is 10.6 Å². The summed E-state index contributed by atoms with van der Waals surface area (Å²) in [6.07, 6.45) is 0. The van der Waals surface area contributed by atoms with E-state index in [0.29, 0.717) is 11.3 Å². The first-order valence-corrected chi connectivity index (χ1v) is 7.91. The Labute approximate surface area is 153 Å². The molecule has 2 N–H and O–H groups in total. The summed E-state index contributed by atoms with van der Waals surface area (Å²) in [5.41, 5.74) is 0.686. The van der Waals surface area contributed by atoms with Crippen LogP contribution in [0.3, 0.4) is 0 Å². The van der Waals surface area contributed by atoms with Crippen molar-refractivity contribution in [3.63, 3.8) is 0 Å². The van der Waals surface area contributed by atoms with Crippen molar-refractivity contribution >= 4 is 28.9 Å². The van der Waals surface area contributed by atoms with Crippen molar-refractivity contribution in [2.24, 2.45) is 0 Å². The lowest BCUT2D eigenvalue weighted by Crippen LogP contribution is -2.14. The molecule has 6 nitrogen and oxygen atoms in total. The normalized spacial score (nSPS) is 10.3. The van der Waals surface area contributed by atoms with Crippen molar-refractivity contribution in [2.45, 2.75) is 6.92 Å². The molecule has 0 aliphatic heterocycles. The summed E-state index contributed by atoms with van der Waals surface area (Å²) in [7, 11) is 0. The second-order valence-corrected chi connectivity index (χ2v) is 5.61. The fourth-order valence-electron chi connectivity index (χ4n) is 2.25. The van der Waals surface area contributed by atoms with Crippen LogP contribution in [0.5, 0.6) is 0 Å². The van der Waals surface area contributed by atoms with Crippen molar-refractivity contribution in [1.29, 1.82) is 0 Å². The van der Waals surface area contributed by atoms with Crippen LogP contribution >= 0.6 is 0 Å². The lowest BCUT2D eigenvalue weighted by atomic mass is 10.1. The van der Waals surface area contributed by atoms with Gasteiger partial charge in [0.2, 0.25) is 0 Å². The maximum Gasteiger partial charge on any atom is 0.276 e. The van der Waals surface area contributed by atoms with Crippen LogP contribution in [0, 0.1) is 11.6 Å². The largest absolute Gasteiger partial charge is 0.334 e. The standard InChI is InChI=1S/C19H14F2N4O2/c1-11(26)12-5-7-13(8-6-12)22-19(27)16-9-10-17(25-24-16)23-18-14(20)3-2-4-15(18)21/h2-10H,1H3,(H,22,27)(H,23,25). The van der Waals surface area contributed by atoms with E-state index in [1.54, 1.807) is 24.3 Å². The van der Waals surface area contributed by atoms with Gasteiger partial charge < -0.3 is 10.6 Å². The third kappa shape index (κ3) is 4.30. The van der Waals surface area contributed by atoms with Crippen molar-refractivity contribution < 1.29 is 18.4 Å². The minimum atomic E-state index is -0.771. The van der Waals surface area contributed by atoms with E-state index in [9.17, 15) is 18.4 Å². The number of carbonyl (C=O) groups is 2. The van der Waals surface area contributed by atoms with Crippen LogP contribution in [0.25, 0.3) is 0 Å². The number of hydrogen-bond donors (Lipinski definition) is 2. The maximum atomic E-state index is 13.6. The van der Waals surface area contributed by atoms with E-state index in [2.05, 4.69) is 20.8 Å². The zero-order valence-corrected chi connectivity index (χ0v) is 14.2. The Bertz CT molecular complexity index is 969. The number of carbonyl (C=O) groups excluding carboxylic acids is 2. The number of ketones is 1. The van der Waals surface area contributed by atoms with E-state index < -0.39 is 17.5 Å². The second kappa shape index (κ2) is 7.69. The van der Waals surface area contributed by atoms with Gasteiger partial charge in [-0.25, -0.2) is 8.78 Å². The molecule has 0 aliphatic rings. The highest BCUT2D eigenvalue weighted by molar-refractivity contribution is 6.03. The van der Waals surface area contributed by atoms with E-state index in [1.807, 2.05) is 0 Å². The zero-order chi connectivity index (χ0) is 19.4. The van der Waals surface area contributed by atoms with Gasteiger partial charge in [-0.1, -0.05) is 6.07 Å². The number of nitrogens with one attached hydrogen (secondary N) is 2. The number of rotatable bonds is 5. The SMILES string of the molecule is CC(=O)c1ccc(NC(=O)c2ccc(Nc3c(F)cccc3F)nn2)cc1. The highest BCUT2D eigenvalue weighted by Crippen LogP contribution is 2.21. The number of Topliss-reactive ketones (excluding diaryl/α,β-unsaturated/α-hetero) is 1. The van der Waals surface area contributed by atoms with Crippen LogP contribution in [-0.4, -0.2) is 21.9 Å². The van der Waals surface area contributed by atoms with Crippen molar-refractivity contribution in [3.05, 3.63) is 77.5 Å². The predicted octanol–water partition coefficient (Wildman–Crippen LogP) is 3.95. The Morgan fingerprint density at radius 3 is 2.11 bits per heavy atom. The first kappa shape index (κ1) is 18.1. The Morgan fingerprint density at radius 2 is 1.56 bits per heavy atom. The number of anilines is 3. The fraction of sp³-hybridized carbons (Fsp3) is 0.0526. The van der Waals surface area contributed by atoms with Gasteiger partial charge in [-0.05, 0) is 55.5 Å². The topological polar surface area (TPSA) is 84.0 Å². The molecule has 0 saturated carbocycles. The molecule has 136 valence electrons. The third-order valence-corrected chi connectivity index (χ3v) is 3.66. The molecule has 0 radical (unpaired) electrons. The van der Waals surface area contributed by atoms with Crippen LogP contribution in [-0.2, 0) is 0 Å². The van der Waals surface area contributed by atoms with Gasteiger partial charge in [0.25, 0.3) is 5.91 Å². The lowest BCUT2D eigenvalue weighted by Gasteiger charge is -2.08. The van der Waals surface area contributed by atoms with Gasteiger partial charge in [-0.3, -0.25) is 9.59 Å². The molecule has 0 bridgehead atoms. The molecule has 0 saturated heterocycles. The van der Waals surface area contributed by atoms with Gasteiger partial charge in [0.05, 0.1) is 0 Å². The van der Waals surface area contributed by atoms with Crippen molar-refractivity contribution in [3.8, 4) is 0 Å². The van der Waals surface area contributed by atoms with E-state index in [-0.39, 0.29) is 23.0 Å². The second-order valence-electron chi connectivity index (χ2n) is 5.61. The average molecular weight is 368 g/mol. The summed E-state index contributed by atoms with van der Waals surface area (Å²) in [6, 6.07) is 12.6. The van der Waals surface area contributed by atoms with Crippen molar-refractivity contribution in [1.82, 2.24) is 10.2 Å².